The van der Waals surface area contributed by atoms with Gasteiger partial charge in [-0.3, -0.25) is 18.8 Å². The summed E-state index contributed by atoms with van der Waals surface area (Å²) in [5, 5.41) is 16.9. The van der Waals surface area contributed by atoms with Crippen LogP contribution in [0.4, 0.5) is 5.69 Å². The van der Waals surface area contributed by atoms with Gasteiger partial charge in [0.2, 0.25) is 5.91 Å². The van der Waals surface area contributed by atoms with Crippen molar-refractivity contribution in [2.45, 2.75) is 20.4 Å². The van der Waals surface area contributed by atoms with Crippen LogP contribution in [0.3, 0.4) is 0 Å². The third-order valence-electron chi connectivity index (χ3n) is 4.78. The van der Waals surface area contributed by atoms with Crippen LogP contribution in [-0.2, 0) is 25.4 Å². The van der Waals surface area contributed by atoms with Gasteiger partial charge in [0, 0.05) is 43.3 Å². The van der Waals surface area contributed by atoms with Gasteiger partial charge in [0.15, 0.2) is 0 Å². The molecule has 4 rings (SSSR count). The van der Waals surface area contributed by atoms with Crippen molar-refractivity contribution in [2.75, 3.05) is 5.32 Å². The van der Waals surface area contributed by atoms with Gasteiger partial charge in [-0.25, -0.2) is 0 Å². The monoisotopic (exact) mass is 423 g/mol. The summed E-state index contributed by atoms with van der Waals surface area (Å²) in [4.78, 5) is 12.7. The number of hydrogen-bond donors (Lipinski definition) is 1. The molecule has 1 amide bonds. The molecule has 9 heteroatoms. The maximum Gasteiger partial charge on any atom is 0.246 e. The van der Waals surface area contributed by atoms with Gasteiger partial charge in [0.05, 0.1) is 22.1 Å². The molecule has 0 bridgehead atoms. The Morgan fingerprint density at radius 2 is 1.57 bits per heavy atom. The molecular weight excluding hydrogens is 402 g/mol. The molecule has 4 aromatic rings. The Balaban J connectivity index is 1.78. The summed E-state index contributed by atoms with van der Waals surface area (Å²) in [6.07, 6.45) is 3.75. The smallest absolute Gasteiger partial charge is 0.246 e. The lowest BCUT2D eigenvalue weighted by atomic mass is 10.1. The molecule has 3 aromatic heterocycles. The van der Waals surface area contributed by atoms with E-state index >= 15 is 0 Å². The molecule has 8 nitrogen and oxygen atoms in total. The normalized spacial score (nSPS) is 11.1. The predicted molar refractivity (Wildman–Crippen MR) is 116 cm³/mol. The lowest BCUT2D eigenvalue weighted by molar-refractivity contribution is -0.116. The number of benzene rings is 1. The second-order valence-electron chi connectivity index (χ2n) is 7.19. The Hall–Kier alpha value is -3.39. The largest absolute Gasteiger partial charge is 0.324 e. The Labute approximate surface area is 179 Å². The Morgan fingerprint density at radius 3 is 2.13 bits per heavy atom. The van der Waals surface area contributed by atoms with E-state index in [-0.39, 0.29) is 12.5 Å². The second-order valence-corrected chi connectivity index (χ2v) is 7.56. The Kier molecular flexibility index (Phi) is 5.17. The van der Waals surface area contributed by atoms with Gasteiger partial charge in [0.25, 0.3) is 0 Å². The number of halogens is 1. The van der Waals surface area contributed by atoms with Gasteiger partial charge >= 0.3 is 0 Å². The molecule has 0 spiro atoms. The highest BCUT2D eigenvalue weighted by Crippen LogP contribution is 2.38. The van der Waals surface area contributed by atoms with Crippen LogP contribution in [0.15, 0.2) is 42.7 Å². The molecular formula is C21H22ClN7O. The summed E-state index contributed by atoms with van der Waals surface area (Å²) in [6, 6.07) is 9.31. The molecule has 1 aromatic carbocycles. The highest BCUT2D eigenvalue weighted by atomic mass is 35.5. The van der Waals surface area contributed by atoms with E-state index in [9.17, 15) is 4.79 Å². The molecule has 0 aliphatic carbocycles. The van der Waals surface area contributed by atoms with Crippen LogP contribution in [0, 0.1) is 13.8 Å². The first-order chi connectivity index (χ1) is 14.3. The molecule has 0 atom stereocenters. The summed E-state index contributed by atoms with van der Waals surface area (Å²) in [7, 11) is 3.69. The minimum Gasteiger partial charge on any atom is -0.324 e. The van der Waals surface area contributed by atoms with Crippen molar-refractivity contribution >= 4 is 23.2 Å². The van der Waals surface area contributed by atoms with Gasteiger partial charge in [-0.15, -0.1) is 0 Å². The van der Waals surface area contributed by atoms with E-state index in [0.29, 0.717) is 16.4 Å². The third-order valence-corrected chi connectivity index (χ3v) is 5.14. The number of carbonyl (C=O) groups excluding carboxylic acids is 1. The van der Waals surface area contributed by atoms with Gasteiger partial charge in [-0.2, -0.15) is 15.3 Å². The predicted octanol–water partition coefficient (Wildman–Crippen LogP) is 3.59. The Bertz CT molecular complexity index is 1220. The number of rotatable bonds is 5. The number of aryl methyl sites for hydroxylation is 4. The van der Waals surface area contributed by atoms with Gasteiger partial charge in [-0.1, -0.05) is 29.8 Å². The Morgan fingerprint density at radius 1 is 0.967 bits per heavy atom. The number of hydrogen-bond acceptors (Lipinski definition) is 4. The third kappa shape index (κ3) is 3.73. The number of carbonyl (C=O) groups is 1. The van der Waals surface area contributed by atoms with Crippen molar-refractivity contribution in [2.24, 2.45) is 14.1 Å². The summed E-state index contributed by atoms with van der Waals surface area (Å²) in [5.41, 5.74) is 5.24. The highest BCUT2D eigenvalue weighted by Gasteiger charge is 2.25. The molecule has 0 unspecified atom stereocenters. The van der Waals surface area contributed by atoms with Gasteiger partial charge in [-0.05, 0) is 26.0 Å². The van der Waals surface area contributed by atoms with Crippen LogP contribution < -0.4 is 5.32 Å². The number of nitrogens with one attached hydrogen (secondary N) is 1. The molecule has 154 valence electrons. The van der Waals surface area contributed by atoms with Crippen LogP contribution in [0.25, 0.3) is 22.5 Å². The van der Waals surface area contributed by atoms with E-state index < -0.39 is 0 Å². The maximum atomic E-state index is 12.7. The number of nitrogens with zero attached hydrogens (tertiary/aromatic N) is 6. The van der Waals surface area contributed by atoms with E-state index in [4.69, 9.17) is 16.7 Å². The first-order valence-corrected chi connectivity index (χ1v) is 9.83. The van der Waals surface area contributed by atoms with E-state index in [2.05, 4.69) is 15.5 Å². The van der Waals surface area contributed by atoms with E-state index in [1.807, 2.05) is 70.7 Å². The summed E-state index contributed by atoms with van der Waals surface area (Å²) in [5.74, 6) is -0.197. The minimum absolute atomic E-state index is 0.0115. The molecule has 0 aliphatic rings. The number of amides is 1. The molecule has 0 radical (unpaired) electrons. The molecule has 0 fully saturated rings. The van der Waals surface area contributed by atoms with Gasteiger partial charge < -0.3 is 5.32 Å². The number of aromatic nitrogens is 6. The maximum absolute atomic E-state index is 12.7. The molecule has 0 saturated heterocycles. The zero-order valence-electron chi connectivity index (χ0n) is 17.2. The van der Waals surface area contributed by atoms with Crippen molar-refractivity contribution < 1.29 is 4.79 Å². The van der Waals surface area contributed by atoms with E-state index in [1.165, 1.54) is 0 Å². The van der Waals surface area contributed by atoms with Gasteiger partial charge in [0.1, 0.15) is 12.2 Å². The van der Waals surface area contributed by atoms with Crippen LogP contribution in [0.2, 0.25) is 5.02 Å². The van der Waals surface area contributed by atoms with Crippen molar-refractivity contribution in [3.05, 3.63) is 59.1 Å². The summed E-state index contributed by atoms with van der Waals surface area (Å²) in [6.45, 7) is 3.82. The van der Waals surface area contributed by atoms with Crippen LogP contribution >= 0.6 is 11.6 Å². The summed E-state index contributed by atoms with van der Waals surface area (Å²) < 4.78 is 5.07. The highest BCUT2D eigenvalue weighted by molar-refractivity contribution is 6.35. The van der Waals surface area contributed by atoms with Crippen molar-refractivity contribution in [1.29, 1.82) is 0 Å². The number of para-hydroxylation sites is 1. The molecule has 0 saturated carbocycles. The molecule has 1 N–H and O–H groups in total. The van der Waals surface area contributed by atoms with E-state index in [1.54, 1.807) is 14.0 Å². The molecule has 3 heterocycles. The van der Waals surface area contributed by atoms with Crippen LogP contribution in [-0.4, -0.2) is 35.2 Å². The van der Waals surface area contributed by atoms with Crippen molar-refractivity contribution in [1.82, 2.24) is 29.3 Å². The average molecular weight is 424 g/mol. The zero-order chi connectivity index (χ0) is 21.4. The lowest BCUT2D eigenvalue weighted by Crippen LogP contribution is -2.20. The lowest BCUT2D eigenvalue weighted by Gasteiger charge is -2.08. The van der Waals surface area contributed by atoms with Crippen LogP contribution in [0.5, 0.6) is 0 Å². The zero-order valence-corrected chi connectivity index (χ0v) is 18.0. The first-order valence-electron chi connectivity index (χ1n) is 9.46. The standard InChI is InChI=1S/C21H22ClN7O/c1-13-16(10-27(3)24-13)20-19(22)21(17-11-28(4)25-14(17)2)29(26-20)12-18(30)23-15-8-6-5-7-9-15/h5-11H,12H2,1-4H3,(H,23,30). The fourth-order valence-electron chi connectivity index (χ4n) is 3.51. The number of anilines is 1. The summed E-state index contributed by atoms with van der Waals surface area (Å²) >= 11 is 6.82. The molecule has 30 heavy (non-hydrogen) atoms. The van der Waals surface area contributed by atoms with Crippen LogP contribution in [0.1, 0.15) is 11.4 Å². The second kappa shape index (κ2) is 7.79. The first kappa shape index (κ1) is 19.9. The fraction of sp³-hybridized carbons (Fsp3) is 0.238. The quantitative estimate of drug-likeness (QED) is 0.531. The minimum atomic E-state index is -0.197. The van der Waals surface area contributed by atoms with E-state index in [0.717, 1.165) is 28.2 Å². The topological polar surface area (TPSA) is 82.6 Å². The average Bonchev–Trinajstić information content (AvgIpc) is 3.30. The van der Waals surface area contributed by atoms with Crippen molar-refractivity contribution in [3.8, 4) is 22.5 Å². The fourth-order valence-corrected chi connectivity index (χ4v) is 3.85. The van der Waals surface area contributed by atoms with Crippen molar-refractivity contribution in [3.63, 3.8) is 0 Å². The molecule has 0 aliphatic heterocycles. The SMILES string of the molecule is Cc1nn(C)cc1-c1nn(CC(=O)Nc2ccccc2)c(-c2cn(C)nc2C)c1Cl.